The predicted octanol–water partition coefficient (Wildman–Crippen LogP) is 5.64. The van der Waals surface area contributed by atoms with Crippen molar-refractivity contribution in [1.82, 2.24) is 0 Å². The maximum absolute atomic E-state index is 11.5. The quantitative estimate of drug-likeness (QED) is 0.223. The summed E-state index contributed by atoms with van der Waals surface area (Å²) in [4.78, 5) is 1.13. The molecular formula is C31H39B2O5PS. The average Bonchev–Trinajstić information content (AvgIpc) is 2.94. The van der Waals surface area contributed by atoms with E-state index in [-0.39, 0.29) is 31.6 Å². The summed E-state index contributed by atoms with van der Waals surface area (Å²) in [6, 6.07) is 26.6. The van der Waals surface area contributed by atoms with Crippen molar-refractivity contribution in [2.45, 2.75) is 80.6 Å². The summed E-state index contributed by atoms with van der Waals surface area (Å²) in [5.74, 6) is 0. The van der Waals surface area contributed by atoms with Crippen LogP contribution in [-0.4, -0.2) is 55.1 Å². The number of aliphatic hydroxyl groups excluding tert-OH is 1. The molecule has 210 valence electrons. The fourth-order valence-electron chi connectivity index (χ4n) is 4.71. The van der Waals surface area contributed by atoms with Gasteiger partial charge in [0.2, 0.25) is 0 Å². The molecule has 0 radical (unpaired) electrons. The van der Waals surface area contributed by atoms with Gasteiger partial charge in [-0.3, -0.25) is 0 Å². The number of hydrogen-bond acceptors (Lipinski definition) is 6. The summed E-state index contributed by atoms with van der Waals surface area (Å²) < 4.78 is 30.6. The second-order valence-electron chi connectivity index (χ2n) is 11.2. The van der Waals surface area contributed by atoms with Gasteiger partial charge in [0.15, 0.2) is 0 Å². The van der Waals surface area contributed by atoms with E-state index in [0.29, 0.717) is 20.1 Å². The summed E-state index contributed by atoms with van der Waals surface area (Å²) in [5, 5.41) is 11.5. The number of aryl methyl sites for hydroxylation is 1. The molecule has 4 rings (SSSR count). The van der Waals surface area contributed by atoms with Crippen LogP contribution in [0.3, 0.4) is 0 Å². The van der Waals surface area contributed by atoms with Crippen molar-refractivity contribution in [2.75, 3.05) is 6.61 Å². The number of thioether (sulfide) groups is 1. The minimum atomic E-state index is -0.811. The molecule has 1 N–H and O–H groups in total. The van der Waals surface area contributed by atoms with Crippen LogP contribution in [0.1, 0.15) is 43.0 Å². The van der Waals surface area contributed by atoms with E-state index in [2.05, 4.69) is 45.9 Å². The molecule has 1 heterocycles. The van der Waals surface area contributed by atoms with Gasteiger partial charge in [-0.1, -0.05) is 0 Å². The van der Waals surface area contributed by atoms with E-state index in [1.807, 2.05) is 60.7 Å². The van der Waals surface area contributed by atoms with Gasteiger partial charge < -0.3 is 0 Å². The van der Waals surface area contributed by atoms with Crippen LogP contribution in [0.25, 0.3) is 0 Å². The van der Waals surface area contributed by atoms with E-state index >= 15 is 0 Å². The van der Waals surface area contributed by atoms with Crippen molar-refractivity contribution in [1.29, 1.82) is 0 Å². The summed E-state index contributed by atoms with van der Waals surface area (Å²) in [5.41, 5.74) is 3.91. The van der Waals surface area contributed by atoms with Crippen molar-refractivity contribution in [3.63, 3.8) is 0 Å². The van der Waals surface area contributed by atoms with Crippen molar-refractivity contribution >= 4 is 34.2 Å². The first kappa shape index (κ1) is 31.2. The number of rotatable bonds is 12. The molecule has 0 saturated carbocycles. The number of aliphatic hydroxyl groups is 1. The number of ether oxygens (including phenoxy) is 3. The van der Waals surface area contributed by atoms with E-state index in [1.165, 1.54) is 11.1 Å². The standard InChI is InChI=1S/C31H39B2O5PS/c1-21-15-16-24(31(2,3)4)17-26(21)40-30-28(37-19-23-13-9-6-10-14-23)29(39-33-32-35)27(34)25(38-30)20-36-18-22-11-7-5-8-12-22/h5-17,25,27-30,33-34,39H,18-20H2,1-4H3/t25?,27-,28?,29+,30+/m1/s1. The van der Waals surface area contributed by atoms with Crippen LogP contribution >= 0.6 is 20.2 Å². The van der Waals surface area contributed by atoms with E-state index in [4.69, 9.17) is 14.2 Å². The molecule has 3 aromatic rings. The Morgan fingerprint density at radius 1 is 1.00 bits per heavy atom. The number of benzene rings is 3. The molecule has 0 amide bonds. The maximum atomic E-state index is 11.5. The predicted molar refractivity (Wildman–Crippen MR) is 167 cm³/mol. The van der Waals surface area contributed by atoms with Crippen LogP contribution in [0.5, 0.6) is 0 Å². The molecule has 40 heavy (non-hydrogen) atoms. The van der Waals surface area contributed by atoms with Gasteiger partial charge in [0.25, 0.3) is 0 Å². The molecule has 3 aromatic carbocycles. The van der Waals surface area contributed by atoms with E-state index in [9.17, 15) is 9.81 Å². The Hall–Kier alpha value is -1.79. The summed E-state index contributed by atoms with van der Waals surface area (Å²) in [6.07, 6.45) is -1.75. The monoisotopic (exact) mass is 576 g/mol. The Balaban J connectivity index is 1.60. The first-order chi connectivity index (χ1) is 19.3. The van der Waals surface area contributed by atoms with Crippen LogP contribution in [0.2, 0.25) is 0 Å². The van der Waals surface area contributed by atoms with Crippen molar-refractivity contribution < 1.29 is 24.0 Å². The van der Waals surface area contributed by atoms with Crippen molar-refractivity contribution in [3.8, 4) is 0 Å². The zero-order chi connectivity index (χ0) is 28.5. The van der Waals surface area contributed by atoms with Gasteiger partial charge >= 0.3 is 247 Å². The van der Waals surface area contributed by atoms with Gasteiger partial charge in [0, 0.05) is 0 Å². The molecule has 0 aromatic heterocycles. The molecule has 5 nitrogen and oxygen atoms in total. The first-order valence-corrected chi connectivity index (χ1v) is 16.0. The third-order valence-corrected chi connectivity index (χ3v) is 9.94. The average molecular weight is 576 g/mol. The topological polar surface area (TPSA) is 65.0 Å². The molecule has 1 fully saturated rings. The van der Waals surface area contributed by atoms with Crippen LogP contribution in [0.4, 0.5) is 0 Å². The van der Waals surface area contributed by atoms with Crippen molar-refractivity contribution in [2.24, 2.45) is 0 Å². The fraction of sp³-hybridized carbons (Fsp3) is 0.419. The first-order valence-electron chi connectivity index (χ1n) is 13.8. The summed E-state index contributed by atoms with van der Waals surface area (Å²) in [7, 11) is 1.14. The Morgan fingerprint density at radius 2 is 1.65 bits per heavy atom. The second-order valence-corrected chi connectivity index (χ2v) is 13.9. The van der Waals surface area contributed by atoms with E-state index < -0.39 is 18.3 Å². The van der Waals surface area contributed by atoms with Gasteiger partial charge in [-0.25, -0.2) is 0 Å². The van der Waals surface area contributed by atoms with Crippen LogP contribution < -0.4 is 0 Å². The Bertz CT molecular complexity index is 1210. The van der Waals surface area contributed by atoms with Crippen LogP contribution in [0.15, 0.2) is 83.8 Å². The molecule has 3 unspecified atom stereocenters. The van der Waals surface area contributed by atoms with E-state index in [1.54, 1.807) is 11.8 Å². The van der Waals surface area contributed by atoms with Crippen LogP contribution in [0, 0.1) is 6.92 Å². The van der Waals surface area contributed by atoms with Crippen molar-refractivity contribution in [3.05, 3.63) is 101 Å². The molecule has 0 aliphatic carbocycles. The molecule has 1 aliphatic heterocycles. The second kappa shape index (κ2) is 14.9. The molecule has 1 saturated heterocycles. The Labute approximate surface area is 246 Å². The van der Waals surface area contributed by atoms with Gasteiger partial charge in [-0.15, -0.1) is 0 Å². The zero-order valence-corrected chi connectivity index (χ0v) is 25.6. The normalized spacial score (nSPS) is 23.3. The zero-order valence-electron chi connectivity index (χ0n) is 23.8. The minimum absolute atomic E-state index is 0.0114. The molecule has 0 spiro atoms. The van der Waals surface area contributed by atoms with Crippen LogP contribution in [-0.2, 0) is 37.5 Å². The SMILES string of the molecule is Cc1ccc(C(C)(C)C)cc1S[C@@H]1OC(COCc2ccccc2)[C@@H](O)[C@H](PBB=O)C1OCc1ccccc1. The third-order valence-electron chi connectivity index (χ3n) is 7.09. The Morgan fingerprint density at radius 3 is 2.27 bits per heavy atom. The van der Waals surface area contributed by atoms with Gasteiger partial charge in [-0.05, 0) is 0 Å². The fourth-order valence-corrected chi connectivity index (χ4v) is 7.46. The molecular weight excluding hydrogens is 537 g/mol. The molecule has 1 aliphatic rings. The summed E-state index contributed by atoms with van der Waals surface area (Å²) >= 11 is 1.64. The van der Waals surface area contributed by atoms with Gasteiger partial charge in [0.1, 0.15) is 0 Å². The third kappa shape index (κ3) is 8.61. The van der Waals surface area contributed by atoms with Gasteiger partial charge in [0.05, 0.1) is 0 Å². The molecule has 0 bridgehead atoms. The van der Waals surface area contributed by atoms with Gasteiger partial charge in [-0.2, -0.15) is 0 Å². The van der Waals surface area contributed by atoms with E-state index in [0.717, 1.165) is 23.1 Å². The number of hydrogen-bond donors (Lipinski definition) is 1. The molecule has 6 atom stereocenters. The summed E-state index contributed by atoms with van der Waals surface area (Å²) in [6.45, 7) is 10.2. The molecule has 9 heteroatoms. The Kier molecular flexibility index (Phi) is 11.6.